The van der Waals surface area contributed by atoms with E-state index in [1.54, 1.807) is 30.7 Å². The molecule has 1 fully saturated rings. The summed E-state index contributed by atoms with van der Waals surface area (Å²) in [6.45, 7) is 5.15. The minimum atomic E-state index is -0.278. The fourth-order valence-electron chi connectivity index (χ4n) is 4.96. The monoisotopic (exact) mass is 524 g/mol. The van der Waals surface area contributed by atoms with Crippen molar-refractivity contribution < 1.29 is 9.53 Å². The molecule has 11 nitrogen and oxygen atoms in total. The molecule has 0 saturated carbocycles. The van der Waals surface area contributed by atoms with Crippen LogP contribution in [-0.4, -0.2) is 68.1 Å². The molecule has 0 radical (unpaired) electrons. The zero-order chi connectivity index (χ0) is 26.8. The Kier molecular flexibility index (Phi) is 6.72. The minimum Gasteiger partial charge on any atom is -0.377 e. The van der Waals surface area contributed by atoms with Gasteiger partial charge >= 0.3 is 0 Å². The lowest BCUT2D eigenvalue weighted by molar-refractivity contribution is 0.0731. The first kappa shape index (κ1) is 24.7. The smallest absolute Gasteiger partial charge is 0.267 e. The molecular formula is C28H28N8O3. The molecule has 11 heteroatoms. The van der Waals surface area contributed by atoms with E-state index >= 15 is 0 Å². The maximum atomic E-state index is 13.2. The number of aromatic nitrogens is 5. The van der Waals surface area contributed by atoms with E-state index in [1.807, 2.05) is 29.2 Å². The van der Waals surface area contributed by atoms with Crippen LogP contribution < -0.4 is 15.8 Å². The van der Waals surface area contributed by atoms with Crippen molar-refractivity contribution >= 4 is 23.2 Å². The number of rotatable bonds is 5. The number of morpholine rings is 1. The third-order valence-electron chi connectivity index (χ3n) is 6.95. The second kappa shape index (κ2) is 10.6. The molecule has 4 aromatic rings. The van der Waals surface area contributed by atoms with Crippen molar-refractivity contribution in [1.29, 1.82) is 0 Å². The topological polar surface area (TPSA) is 129 Å². The Morgan fingerprint density at radius 2 is 1.95 bits per heavy atom. The number of carbonyl (C=O) groups excluding carboxylic acids is 1. The number of aromatic amines is 1. The van der Waals surface area contributed by atoms with Crippen molar-refractivity contribution in [3.05, 3.63) is 88.4 Å². The van der Waals surface area contributed by atoms with Crippen LogP contribution in [0, 0.1) is 0 Å². The quantitative estimate of drug-likeness (QED) is 0.405. The van der Waals surface area contributed by atoms with Crippen molar-refractivity contribution in [2.45, 2.75) is 25.9 Å². The van der Waals surface area contributed by atoms with Crippen molar-refractivity contribution in [3.8, 4) is 11.4 Å². The number of carbonyl (C=O) groups is 1. The molecule has 3 aromatic heterocycles. The highest BCUT2D eigenvalue weighted by molar-refractivity contribution is 5.94. The van der Waals surface area contributed by atoms with Gasteiger partial charge in [-0.1, -0.05) is 0 Å². The van der Waals surface area contributed by atoms with E-state index in [1.165, 1.54) is 6.20 Å². The summed E-state index contributed by atoms with van der Waals surface area (Å²) in [7, 11) is 0. The first-order valence-corrected chi connectivity index (χ1v) is 12.9. The molecule has 6 rings (SSSR count). The van der Waals surface area contributed by atoms with Crippen molar-refractivity contribution in [1.82, 2.24) is 29.8 Å². The van der Waals surface area contributed by atoms with Crippen LogP contribution >= 0.6 is 0 Å². The molecule has 1 atom stereocenters. The van der Waals surface area contributed by atoms with E-state index in [0.29, 0.717) is 49.9 Å². The van der Waals surface area contributed by atoms with Crippen LogP contribution in [0.5, 0.6) is 0 Å². The number of fused-ring (bicyclic) bond motifs is 1. The first-order chi connectivity index (χ1) is 19.0. The fraction of sp³-hybridized carbons (Fsp3) is 0.286. The van der Waals surface area contributed by atoms with Crippen molar-refractivity contribution in [2.24, 2.45) is 0 Å². The second-order valence-corrected chi connectivity index (χ2v) is 9.64. The molecule has 2 aliphatic heterocycles. The zero-order valence-electron chi connectivity index (χ0n) is 21.5. The van der Waals surface area contributed by atoms with E-state index in [2.05, 4.69) is 32.1 Å². The van der Waals surface area contributed by atoms with Crippen LogP contribution in [0.2, 0.25) is 0 Å². The lowest BCUT2D eigenvalue weighted by Crippen LogP contribution is -2.45. The number of H-pyrrole nitrogens is 1. The Morgan fingerprint density at radius 1 is 1.08 bits per heavy atom. The summed E-state index contributed by atoms with van der Waals surface area (Å²) in [5.41, 5.74) is 3.86. The molecule has 2 aliphatic rings. The predicted octanol–water partition coefficient (Wildman–Crippen LogP) is 2.79. The number of nitrogens with one attached hydrogen (secondary N) is 2. The van der Waals surface area contributed by atoms with Gasteiger partial charge < -0.3 is 24.8 Å². The Hall–Kier alpha value is -4.64. The number of amides is 1. The van der Waals surface area contributed by atoms with Gasteiger partial charge in [-0.25, -0.2) is 9.97 Å². The van der Waals surface area contributed by atoms with Crippen molar-refractivity contribution in [2.75, 3.05) is 36.5 Å². The number of hydrogen-bond donors (Lipinski definition) is 2. The predicted molar refractivity (Wildman–Crippen MR) is 146 cm³/mol. The van der Waals surface area contributed by atoms with Gasteiger partial charge in [0.05, 0.1) is 49.5 Å². The molecule has 1 aromatic carbocycles. The van der Waals surface area contributed by atoms with Gasteiger partial charge in [0.25, 0.3) is 11.5 Å². The largest absolute Gasteiger partial charge is 0.377 e. The normalized spacial score (nSPS) is 17.0. The molecule has 1 amide bonds. The average molecular weight is 525 g/mol. The van der Waals surface area contributed by atoms with Gasteiger partial charge in [0.1, 0.15) is 11.6 Å². The SMILES string of the molecule is CC1COCCN1c1nc(-c2ccc(Nc3cncc(=O)[nH]3)cc2)nc2c1CCN(C(=O)c1cccnc1)C2. The van der Waals surface area contributed by atoms with Crippen LogP contribution in [0.25, 0.3) is 11.4 Å². The lowest BCUT2D eigenvalue weighted by atomic mass is 10.0. The number of anilines is 3. The van der Waals surface area contributed by atoms with E-state index in [0.717, 1.165) is 34.9 Å². The molecular weight excluding hydrogens is 496 g/mol. The maximum Gasteiger partial charge on any atom is 0.267 e. The highest BCUT2D eigenvalue weighted by atomic mass is 16.5. The highest BCUT2D eigenvalue weighted by Crippen LogP contribution is 2.32. The number of nitrogens with zero attached hydrogens (tertiary/aromatic N) is 6. The molecule has 0 aliphatic carbocycles. The van der Waals surface area contributed by atoms with Gasteiger partial charge in [0, 0.05) is 42.3 Å². The number of benzene rings is 1. The highest BCUT2D eigenvalue weighted by Gasteiger charge is 2.30. The van der Waals surface area contributed by atoms with Gasteiger partial charge in [-0.05, 0) is 49.7 Å². The summed E-state index contributed by atoms with van der Waals surface area (Å²) >= 11 is 0. The van der Waals surface area contributed by atoms with Gasteiger partial charge in [-0.15, -0.1) is 0 Å². The molecule has 198 valence electrons. The summed E-state index contributed by atoms with van der Waals surface area (Å²) in [6, 6.07) is 11.4. The molecule has 0 bridgehead atoms. The maximum absolute atomic E-state index is 13.2. The summed E-state index contributed by atoms with van der Waals surface area (Å²) in [6.07, 6.45) is 6.71. The lowest BCUT2D eigenvalue weighted by Gasteiger charge is -2.37. The summed E-state index contributed by atoms with van der Waals surface area (Å²) < 4.78 is 5.68. The van der Waals surface area contributed by atoms with Gasteiger partial charge in [0.2, 0.25) is 0 Å². The van der Waals surface area contributed by atoms with E-state index < -0.39 is 0 Å². The van der Waals surface area contributed by atoms with Crippen LogP contribution in [0.1, 0.15) is 28.5 Å². The molecule has 1 unspecified atom stereocenters. The standard InChI is InChI=1S/C28H28N8O3/c1-18-17-39-12-11-36(18)27-22-8-10-35(28(38)20-3-2-9-29-13-20)16-23(22)32-26(34-27)19-4-6-21(7-5-19)31-24-14-30-15-25(37)33-24/h2-7,9,13-15,18H,8,10-12,16-17H2,1H3,(H2,31,33,37). The van der Waals surface area contributed by atoms with E-state index in [4.69, 9.17) is 14.7 Å². The van der Waals surface area contributed by atoms with Crippen molar-refractivity contribution in [3.63, 3.8) is 0 Å². The van der Waals surface area contributed by atoms with Gasteiger partial charge in [-0.2, -0.15) is 0 Å². The fourth-order valence-corrected chi connectivity index (χ4v) is 4.96. The molecule has 1 saturated heterocycles. The Labute approximate surface area is 224 Å². The summed E-state index contributed by atoms with van der Waals surface area (Å²) in [5.74, 6) is 1.95. The molecule has 39 heavy (non-hydrogen) atoms. The second-order valence-electron chi connectivity index (χ2n) is 9.64. The first-order valence-electron chi connectivity index (χ1n) is 12.9. The van der Waals surface area contributed by atoms with Gasteiger partial charge in [0.15, 0.2) is 5.82 Å². The van der Waals surface area contributed by atoms with E-state index in [9.17, 15) is 9.59 Å². The van der Waals surface area contributed by atoms with Crippen LogP contribution in [0.4, 0.5) is 17.3 Å². The molecule has 2 N–H and O–H groups in total. The Bertz CT molecular complexity index is 1540. The zero-order valence-corrected chi connectivity index (χ0v) is 21.5. The summed E-state index contributed by atoms with van der Waals surface area (Å²) in [4.78, 5) is 49.6. The number of ether oxygens (including phenoxy) is 1. The van der Waals surface area contributed by atoms with Gasteiger partial charge in [-0.3, -0.25) is 19.6 Å². The Morgan fingerprint density at radius 3 is 2.72 bits per heavy atom. The van der Waals surface area contributed by atoms with Crippen LogP contribution in [0.3, 0.4) is 0 Å². The van der Waals surface area contributed by atoms with Crippen LogP contribution in [-0.2, 0) is 17.7 Å². The number of pyridine rings is 1. The number of hydrogen-bond acceptors (Lipinski definition) is 9. The minimum absolute atomic E-state index is 0.0564. The van der Waals surface area contributed by atoms with E-state index in [-0.39, 0.29) is 17.5 Å². The summed E-state index contributed by atoms with van der Waals surface area (Å²) in [5, 5.41) is 3.15. The van der Waals surface area contributed by atoms with Crippen LogP contribution in [0.15, 0.2) is 66.0 Å². The Balaban J connectivity index is 1.33. The molecule has 5 heterocycles. The third kappa shape index (κ3) is 5.21. The average Bonchev–Trinajstić information content (AvgIpc) is 2.97. The third-order valence-corrected chi connectivity index (χ3v) is 6.95. The molecule has 0 spiro atoms.